The Labute approximate surface area is 171 Å². The highest BCUT2D eigenvalue weighted by Gasteiger charge is 2.21. The number of amides is 1. The number of allylic oxidation sites excluding steroid dienone is 1. The number of carbonyl (C=O) groups is 1. The fourth-order valence-electron chi connectivity index (χ4n) is 3.59. The monoisotopic (exact) mass is 392 g/mol. The molecule has 3 aromatic rings. The van der Waals surface area contributed by atoms with Gasteiger partial charge in [-0.2, -0.15) is 0 Å². The molecule has 0 aliphatic rings. The summed E-state index contributed by atoms with van der Waals surface area (Å²) in [6.45, 7) is 10.7. The molecule has 0 saturated heterocycles. The number of nitrogens with one attached hydrogen (secondary N) is 1. The van der Waals surface area contributed by atoms with Gasteiger partial charge in [-0.1, -0.05) is 26.0 Å². The maximum atomic E-state index is 13.3. The van der Waals surface area contributed by atoms with Crippen LogP contribution < -0.4 is 14.8 Å². The summed E-state index contributed by atoms with van der Waals surface area (Å²) >= 11 is 0. The third-order valence-corrected chi connectivity index (χ3v) is 5.19. The molecule has 0 bridgehead atoms. The lowest BCUT2D eigenvalue weighted by Crippen LogP contribution is -2.18. The quantitative estimate of drug-likeness (QED) is 0.538. The van der Waals surface area contributed by atoms with E-state index in [0.29, 0.717) is 35.3 Å². The number of anilines is 1. The van der Waals surface area contributed by atoms with Gasteiger partial charge < -0.3 is 19.4 Å². The van der Waals surface area contributed by atoms with Gasteiger partial charge in [0.05, 0.1) is 19.9 Å². The summed E-state index contributed by atoms with van der Waals surface area (Å²) in [5.74, 6) is 1.44. The fourth-order valence-corrected chi connectivity index (χ4v) is 3.59. The minimum Gasteiger partial charge on any atom is -0.497 e. The zero-order valence-electron chi connectivity index (χ0n) is 17.7. The molecule has 0 radical (unpaired) electrons. The molecule has 0 fully saturated rings. The molecule has 1 aromatic heterocycles. The van der Waals surface area contributed by atoms with Crippen LogP contribution in [0.2, 0.25) is 0 Å². The first-order valence-electron chi connectivity index (χ1n) is 9.68. The van der Waals surface area contributed by atoms with Crippen molar-refractivity contribution >= 4 is 22.5 Å². The molecular weight excluding hydrogens is 364 g/mol. The van der Waals surface area contributed by atoms with E-state index in [1.54, 1.807) is 38.5 Å². The molecule has 1 heterocycles. The van der Waals surface area contributed by atoms with E-state index in [2.05, 4.69) is 43.9 Å². The van der Waals surface area contributed by atoms with E-state index in [1.807, 2.05) is 11.5 Å². The van der Waals surface area contributed by atoms with E-state index in [0.717, 1.165) is 16.5 Å². The number of ether oxygens (including phenoxy) is 2. The van der Waals surface area contributed by atoms with Crippen LogP contribution in [0.3, 0.4) is 0 Å². The standard InChI is InChI=1S/C24H28N2O3/c1-7-12-26-21-11-8-17(15(2)3)13-19(21)16(4)23(26)24(27)25-20-10-9-18(28-5)14-22(20)29-6/h7-11,13-15H,1,12H2,2-6H3,(H,25,27). The first-order chi connectivity index (χ1) is 13.9. The van der Waals surface area contributed by atoms with Gasteiger partial charge in [0, 0.05) is 23.5 Å². The predicted octanol–water partition coefficient (Wildman–Crippen LogP) is 5.53. The minimum atomic E-state index is -0.185. The third kappa shape index (κ3) is 3.86. The summed E-state index contributed by atoms with van der Waals surface area (Å²) in [5.41, 5.74) is 4.45. The Bertz CT molecular complexity index is 1060. The Hall–Kier alpha value is -3.21. The third-order valence-electron chi connectivity index (χ3n) is 5.19. The van der Waals surface area contributed by atoms with Crippen LogP contribution in [0.15, 0.2) is 49.1 Å². The van der Waals surface area contributed by atoms with E-state index in [1.165, 1.54) is 5.56 Å². The number of rotatable bonds is 7. The Morgan fingerprint density at radius 2 is 1.93 bits per heavy atom. The van der Waals surface area contributed by atoms with Gasteiger partial charge in [-0.3, -0.25) is 4.79 Å². The second-order valence-corrected chi connectivity index (χ2v) is 7.32. The van der Waals surface area contributed by atoms with E-state index < -0.39 is 0 Å². The zero-order chi connectivity index (χ0) is 21.1. The topological polar surface area (TPSA) is 52.5 Å². The number of fused-ring (bicyclic) bond motifs is 1. The van der Waals surface area contributed by atoms with E-state index in [4.69, 9.17) is 9.47 Å². The number of methoxy groups -OCH3 is 2. The maximum Gasteiger partial charge on any atom is 0.272 e. The van der Waals surface area contributed by atoms with Gasteiger partial charge in [-0.25, -0.2) is 0 Å². The highest BCUT2D eigenvalue weighted by Crippen LogP contribution is 2.32. The summed E-state index contributed by atoms with van der Waals surface area (Å²) in [5, 5.41) is 4.08. The van der Waals surface area contributed by atoms with Crippen LogP contribution in [-0.2, 0) is 6.54 Å². The van der Waals surface area contributed by atoms with Crippen molar-refractivity contribution in [3.05, 3.63) is 65.9 Å². The van der Waals surface area contributed by atoms with Crippen molar-refractivity contribution in [3.8, 4) is 11.5 Å². The number of benzene rings is 2. The molecule has 152 valence electrons. The summed E-state index contributed by atoms with van der Waals surface area (Å²) in [7, 11) is 3.16. The lowest BCUT2D eigenvalue weighted by atomic mass is 10.0. The number of hydrogen-bond acceptors (Lipinski definition) is 3. The molecule has 0 atom stereocenters. The van der Waals surface area contributed by atoms with Crippen LogP contribution >= 0.6 is 0 Å². The average Bonchev–Trinajstić information content (AvgIpc) is 2.99. The first-order valence-corrected chi connectivity index (χ1v) is 9.68. The molecule has 0 unspecified atom stereocenters. The van der Waals surface area contributed by atoms with E-state index in [9.17, 15) is 4.79 Å². The van der Waals surface area contributed by atoms with E-state index in [-0.39, 0.29) is 5.91 Å². The number of nitrogens with zero attached hydrogens (tertiary/aromatic N) is 1. The van der Waals surface area contributed by atoms with Crippen molar-refractivity contribution in [2.45, 2.75) is 33.2 Å². The van der Waals surface area contributed by atoms with Gasteiger partial charge in [0.2, 0.25) is 0 Å². The van der Waals surface area contributed by atoms with Crippen LogP contribution in [0.4, 0.5) is 5.69 Å². The van der Waals surface area contributed by atoms with Crippen LogP contribution in [0.1, 0.15) is 41.4 Å². The maximum absolute atomic E-state index is 13.3. The lowest BCUT2D eigenvalue weighted by Gasteiger charge is -2.13. The normalized spacial score (nSPS) is 11.0. The van der Waals surface area contributed by atoms with Crippen molar-refractivity contribution < 1.29 is 14.3 Å². The SMILES string of the molecule is C=CCn1c(C(=O)Nc2ccc(OC)cc2OC)c(C)c2cc(C(C)C)ccc21. The highest BCUT2D eigenvalue weighted by atomic mass is 16.5. The van der Waals surface area contributed by atoms with Crippen molar-refractivity contribution in [2.24, 2.45) is 0 Å². The Kier molecular flexibility index (Phi) is 5.97. The molecular formula is C24H28N2O3. The first kappa shape index (κ1) is 20.5. The minimum absolute atomic E-state index is 0.185. The van der Waals surface area contributed by atoms with Gasteiger partial charge in [0.25, 0.3) is 5.91 Å². The zero-order valence-corrected chi connectivity index (χ0v) is 17.7. The predicted molar refractivity (Wildman–Crippen MR) is 118 cm³/mol. The number of hydrogen-bond donors (Lipinski definition) is 1. The number of aromatic nitrogens is 1. The van der Waals surface area contributed by atoms with Crippen LogP contribution in [0, 0.1) is 6.92 Å². The summed E-state index contributed by atoms with van der Waals surface area (Å²) in [4.78, 5) is 13.3. The number of carbonyl (C=O) groups excluding carboxylic acids is 1. The average molecular weight is 392 g/mol. The van der Waals surface area contributed by atoms with Gasteiger partial charge in [0.1, 0.15) is 17.2 Å². The molecule has 0 aliphatic carbocycles. The highest BCUT2D eigenvalue weighted by molar-refractivity contribution is 6.09. The van der Waals surface area contributed by atoms with Crippen LogP contribution in [0.5, 0.6) is 11.5 Å². The summed E-state index contributed by atoms with van der Waals surface area (Å²) in [6.07, 6.45) is 1.81. The van der Waals surface area contributed by atoms with Gasteiger partial charge >= 0.3 is 0 Å². The second-order valence-electron chi connectivity index (χ2n) is 7.32. The molecule has 1 N–H and O–H groups in total. The van der Waals surface area contributed by atoms with Gasteiger partial charge in [0.15, 0.2) is 0 Å². The van der Waals surface area contributed by atoms with Crippen molar-refractivity contribution in [1.29, 1.82) is 0 Å². The molecule has 5 nitrogen and oxygen atoms in total. The molecule has 0 saturated carbocycles. The molecule has 0 aliphatic heterocycles. The summed E-state index contributed by atoms with van der Waals surface area (Å²) in [6, 6.07) is 11.7. The summed E-state index contributed by atoms with van der Waals surface area (Å²) < 4.78 is 12.7. The molecule has 5 heteroatoms. The van der Waals surface area contributed by atoms with Crippen LogP contribution in [-0.4, -0.2) is 24.7 Å². The smallest absolute Gasteiger partial charge is 0.272 e. The molecule has 3 rings (SSSR count). The lowest BCUT2D eigenvalue weighted by molar-refractivity contribution is 0.101. The van der Waals surface area contributed by atoms with Crippen molar-refractivity contribution in [1.82, 2.24) is 4.57 Å². The Balaban J connectivity index is 2.08. The van der Waals surface area contributed by atoms with Crippen molar-refractivity contribution in [2.75, 3.05) is 19.5 Å². The molecule has 0 spiro atoms. The van der Waals surface area contributed by atoms with Gasteiger partial charge in [-0.05, 0) is 48.2 Å². The largest absolute Gasteiger partial charge is 0.497 e. The van der Waals surface area contributed by atoms with Crippen LogP contribution in [0.25, 0.3) is 10.9 Å². The van der Waals surface area contributed by atoms with E-state index >= 15 is 0 Å². The number of aryl methyl sites for hydroxylation is 1. The fraction of sp³-hybridized carbons (Fsp3) is 0.292. The Morgan fingerprint density at radius 3 is 2.55 bits per heavy atom. The molecule has 29 heavy (non-hydrogen) atoms. The van der Waals surface area contributed by atoms with Crippen molar-refractivity contribution in [3.63, 3.8) is 0 Å². The molecule has 2 aromatic carbocycles. The Morgan fingerprint density at radius 1 is 1.17 bits per heavy atom. The molecule has 1 amide bonds. The van der Waals surface area contributed by atoms with Gasteiger partial charge in [-0.15, -0.1) is 6.58 Å². The second kappa shape index (κ2) is 8.43.